The number of aliphatic hydroxyl groups is 1. The van der Waals surface area contributed by atoms with Crippen molar-refractivity contribution in [3.63, 3.8) is 0 Å². The first-order chi connectivity index (χ1) is 10.1. The molecule has 1 heterocycles. The summed E-state index contributed by atoms with van der Waals surface area (Å²) in [5, 5.41) is 12.8. The van der Waals surface area contributed by atoms with Crippen LogP contribution in [0.4, 0.5) is 0 Å². The van der Waals surface area contributed by atoms with E-state index < -0.39 is 5.41 Å². The molecule has 0 radical (unpaired) electrons. The average Bonchev–Trinajstić information content (AvgIpc) is 2.79. The Hall–Kier alpha value is -1.36. The molecule has 1 atom stereocenters. The second-order valence-electron chi connectivity index (χ2n) is 8.19. The summed E-state index contributed by atoms with van der Waals surface area (Å²) in [7, 11) is 1.91. The van der Waals surface area contributed by atoms with Crippen molar-refractivity contribution in [3.8, 4) is 0 Å². The molecule has 0 spiro atoms. The molecular weight excluding hydrogens is 278 g/mol. The first-order valence-electron chi connectivity index (χ1n) is 8.02. The molecule has 1 aliphatic rings. The van der Waals surface area contributed by atoms with E-state index in [1.54, 1.807) is 6.20 Å². The fourth-order valence-electron chi connectivity index (χ4n) is 3.49. The summed E-state index contributed by atoms with van der Waals surface area (Å²) >= 11 is 0. The molecule has 2 N–H and O–H groups in total. The summed E-state index contributed by atoms with van der Waals surface area (Å²) in [4.78, 5) is 16.8. The van der Waals surface area contributed by atoms with Gasteiger partial charge in [0.25, 0.3) is 0 Å². The van der Waals surface area contributed by atoms with Gasteiger partial charge in [-0.15, -0.1) is 0 Å². The number of hydrogen-bond acceptors (Lipinski definition) is 3. The van der Waals surface area contributed by atoms with Gasteiger partial charge in [0.2, 0.25) is 5.91 Å². The highest BCUT2D eigenvalue weighted by atomic mass is 16.3. The van der Waals surface area contributed by atoms with E-state index in [4.69, 9.17) is 0 Å². The molecule has 5 heteroatoms. The van der Waals surface area contributed by atoms with Crippen molar-refractivity contribution in [3.05, 3.63) is 18.2 Å². The van der Waals surface area contributed by atoms with Crippen molar-refractivity contribution >= 4 is 5.91 Å². The quantitative estimate of drug-likeness (QED) is 0.848. The number of hydrogen-bond donors (Lipinski definition) is 2. The van der Waals surface area contributed by atoms with Crippen LogP contribution in [0.25, 0.3) is 0 Å². The van der Waals surface area contributed by atoms with Crippen LogP contribution in [-0.4, -0.2) is 27.2 Å². The van der Waals surface area contributed by atoms with E-state index in [2.05, 4.69) is 24.1 Å². The summed E-state index contributed by atoms with van der Waals surface area (Å²) in [6.07, 6.45) is 6.35. The molecule has 0 aliphatic heterocycles. The zero-order chi connectivity index (χ0) is 16.5. The van der Waals surface area contributed by atoms with Crippen molar-refractivity contribution in [2.45, 2.75) is 53.0 Å². The van der Waals surface area contributed by atoms with Crippen LogP contribution in [-0.2, 0) is 11.8 Å². The first kappa shape index (κ1) is 17.0. The Bertz CT molecular complexity index is 526. The first-order valence-corrected chi connectivity index (χ1v) is 8.02. The van der Waals surface area contributed by atoms with Crippen molar-refractivity contribution in [2.75, 3.05) is 6.61 Å². The number of aliphatic hydroxyl groups excluding tert-OH is 1. The predicted octanol–water partition coefficient (Wildman–Crippen LogP) is 2.42. The van der Waals surface area contributed by atoms with Crippen LogP contribution >= 0.6 is 0 Å². The van der Waals surface area contributed by atoms with Crippen molar-refractivity contribution in [2.24, 2.45) is 23.8 Å². The van der Waals surface area contributed by atoms with Crippen LogP contribution in [0.1, 0.15) is 58.8 Å². The molecule has 1 aromatic rings. The minimum absolute atomic E-state index is 0.0126. The summed E-state index contributed by atoms with van der Waals surface area (Å²) in [5.74, 6) is 1.31. The standard InChI is InChI=1S/C17H29N3O2/c1-16(2)9-12(10-16)8-13(22)19-14(17(3,4)11-21)15-18-6-7-20(15)5/h6-7,12,14,21H,8-11H2,1-5H3,(H,19,22). The Labute approximate surface area is 133 Å². The number of nitrogens with one attached hydrogen (secondary N) is 1. The number of amides is 1. The molecule has 0 saturated heterocycles. The largest absolute Gasteiger partial charge is 0.396 e. The highest BCUT2D eigenvalue weighted by Gasteiger charge is 2.39. The Kier molecular flexibility index (Phi) is 4.66. The van der Waals surface area contributed by atoms with Gasteiger partial charge in [-0.2, -0.15) is 0 Å². The molecule has 5 nitrogen and oxygen atoms in total. The zero-order valence-corrected chi connectivity index (χ0v) is 14.4. The Morgan fingerprint density at radius 2 is 2.18 bits per heavy atom. The van der Waals surface area contributed by atoms with E-state index in [-0.39, 0.29) is 18.6 Å². The molecule has 1 fully saturated rings. The maximum absolute atomic E-state index is 12.4. The van der Waals surface area contributed by atoms with Gasteiger partial charge >= 0.3 is 0 Å². The lowest BCUT2D eigenvalue weighted by Crippen LogP contribution is -2.43. The maximum atomic E-state index is 12.4. The topological polar surface area (TPSA) is 67.2 Å². The predicted molar refractivity (Wildman–Crippen MR) is 86.1 cm³/mol. The van der Waals surface area contributed by atoms with Gasteiger partial charge in [-0.1, -0.05) is 27.7 Å². The van der Waals surface area contributed by atoms with Gasteiger partial charge in [0, 0.05) is 31.3 Å². The fraction of sp³-hybridized carbons (Fsp3) is 0.765. The van der Waals surface area contributed by atoms with Gasteiger partial charge in [0.05, 0.1) is 12.6 Å². The van der Waals surface area contributed by atoms with Crippen molar-refractivity contribution in [1.82, 2.24) is 14.9 Å². The highest BCUT2D eigenvalue weighted by Crippen LogP contribution is 2.46. The fourth-order valence-corrected chi connectivity index (χ4v) is 3.49. The van der Waals surface area contributed by atoms with E-state index in [1.807, 2.05) is 31.7 Å². The second-order valence-corrected chi connectivity index (χ2v) is 8.19. The Balaban J connectivity index is 2.04. The third-order valence-corrected chi connectivity index (χ3v) is 4.77. The third-order valence-electron chi connectivity index (χ3n) is 4.77. The summed E-state index contributed by atoms with van der Waals surface area (Å²) in [5.41, 5.74) is -0.0813. The van der Waals surface area contributed by atoms with Crippen molar-refractivity contribution < 1.29 is 9.90 Å². The van der Waals surface area contributed by atoms with Gasteiger partial charge in [0.1, 0.15) is 5.82 Å². The van der Waals surface area contributed by atoms with E-state index in [0.717, 1.165) is 18.7 Å². The number of carbonyl (C=O) groups is 1. The highest BCUT2D eigenvalue weighted by molar-refractivity contribution is 5.76. The molecule has 1 amide bonds. The van der Waals surface area contributed by atoms with E-state index >= 15 is 0 Å². The summed E-state index contributed by atoms with van der Waals surface area (Å²) in [6.45, 7) is 8.36. The Morgan fingerprint density at radius 1 is 1.55 bits per heavy atom. The SMILES string of the molecule is Cn1ccnc1C(NC(=O)CC1CC(C)(C)C1)C(C)(C)CO. The molecule has 1 unspecified atom stereocenters. The minimum Gasteiger partial charge on any atom is -0.396 e. The zero-order valence-electron chi connectivity index (χ0n) is 14.4. The molecule has 2 rings (SSSR count). The Morgan fingerprint density at radius 3 is 2.64 bits per heavy atom. The molecule has 1 aliphatic carbocycles. The number of aryl methyl sites for hydroxylation is 1. The molecule has 1 saturated carbocycles. The maximum Gasteiger partial charge on any atom is 0.220 e. The molecule has 124 valence electrons. The molecule has 0 bridgehead atoms. The van der Waals surface area contributed by atoms with Crippen LogP contribution in [0, 0.1) is 16.7 Å². The molecular formula is C17H29N3O2. The number of carbonyl (C=O) groups excluding carboxylic acids is 1. The lowest BCUT2D eigenvalue weighted by molar-refractivity contribution is -0.125. The van der Waals surface area contributed by atoms with Crippen LogP contribution in [0.3, 0.4) is 0 Å². The van der Waals surface area contributed by atoms with Gasteiger partial charge in [-0.3, -0.25) is 4.79 Å². The summed E-state index contributed by atoms with van der Waals surface area (Å²) < 4.78 is 1.90. The van der Waals surface area contributed by atoms with Gasteiger partial charge in [-0.05, 0) is 24.2 Å². The normalized spacial score (nSPS) is 19.5. The monoisotopic (exact) mass is 307 g/mol. The van der Waals surface area contributed by atoms with Crippen molar-refractivity contribution in [1.29, 1.82) is 0 Å². The minimum atomic E-state index is -0.465. The van der Waals surface area contributed by atoms with E-state index in [0.29, 0.717) is 17.8 Å². The van der Waals surface area contributed by atoms with Crippen LogP contribution in [0.15, 0.2) is 12.4 Å². The molecule has 1 aromatic heterocycles. The van der Waals surface area contributed by atoms with Crippen LogP contribution < -0.4 is 5.32 Å². The number of imidazole rings is 1. The summed E-state index contributed by atoms with van der Waals surface area (Å²) in [6, 6.07) is -0.293. The van der Waals surface area contributed by atoms with Gasteiger partial charge in [-0.25, -0.2) is 4.98 Å². The number of rotatable bonds is 6. The molecule has 0 aromatic carbocycles. The number of aromatic nitrogens is 2. The van der Waals surface area contributed by atoms with Crippen LogP contribution in [0.5, 0.6) is 0 Å². The number of nitrogens with zero attached hydrogens (tertiary/aromatic N) is 2. The average molecular weight is 307 g/mol. The third kappa shape index (κ3) is 3.69. The lowest BCUT2D eigenvalue weighted by atomic mass is 9.63. The lowest BCUT2D eigenvalue weighted by Gasteiger charge is -2.42. The van der Waals surface area contributed by atoms with Gasteiger partial charge < -0.3 is 15.0 Å². The van der Waals surface area contributed by atoms with Gasteiger partial charge in [0.15, 0.2) is 0 Å². The van der Waals surface area contributed by atoms with E-state index in [9.17, 15) is 9.90 Å². The second kappa shape index (κ2) is 6.03. The van der Waals surface area contributed by atoms with Crippen LogP contribution in [0.2, 0.25) is 0 Å². The van der Waals surface area contributed by atoms with E-state index in [1.165, 1.54) is 0 Å². The smallest absolute Gasteiger partial charge is 0.220 e. The molecule has 22 heavy (non-hydrogen) atoms.